The highest BCUT2D eigenvalue weighted by molar-refractivity contribution is 6.00. The van der Waals surface area contributed by atoms with E-state index in [1.807, 2.05) is 13.8 Å². The number of benzene rings is 1. The van der Waals surface area contributed by atoms with Crippen LogP contribution in [0.1, 0.15) is 20.3 Å². The lowest BCUT2D eigenvalue weighted by atomic mass is 10.1. The number of nitrogens with zero attached hydrogens (tertiary/aromatic N) is 1. The fourth-order valence-electron chi connectivity index (χ4n) is 2.14. The first kappa shape index (κ1) is 13.4. The second kappa shape index (κ2) is 4.57. The zero-order valence-electron chi connectivity index (χ0n) is 11.0. The Bertz CT molecular complexity index is 507. The maximum atomic E-state index is 12.3. The van der Waals surface area contributed by atoms with E-state index in [4.69, 9.17) is 5.11 Å². The molecule has 1 aliphatic rings. The summed E-state index contributed by atoms with van der Waals surface area (Å²) in [6.45, 7) is 3.62. The van der Waals surface area contributed by atoms with Crippen LogP contribution in [-0.2, 0) is 9.59 Å². The van der Waals surface area contributed by atoms with E-state index in [2.05, 4.69) is 0 Å². The third kappa shape index (κ3) is 2.86. The molecule has 1 aliphatic carbocycles. The molecular weight excluding hydrogens is 246 g/mol. The number of rotatable bonds is 4. The topological polar surface area (TPSA) is 77.8 Å². The first-order valence-corrected chi connectivity index (χ1v) is 6.13. The molecule has 1 amide bonds. The van der Waals surface area contributed by atoms with Crippen LogP contribution in [0, 0.1) is 11.3 Å². The molecule has 1 atom stereocenters. The average molecular weight is 263 g/mol. The molecule has 0 spiro atoms. The molecule has 1 fully saturated rings. The van der Waals surface area contributed by atoms with Crippen molar-refractivity contribution in [1.82, 2.24) is 0 Å². The molecule has 5 nitrogen and oxygen atoms in total. The summed E-state index contributed by atoms with van der Waals surface area (Å²) >= 11 is 0. The number of carbonyl (C=O) groups excluding carboxylic acids is 1. The van der Waals surface area contributed by atoms with Crippen LogP contribution >= 0.6 is 0 Å². The number of carbonyl (C=O) groups is 2. The van der Waals surface area contributed by atoms with E-state index in [1.54, 1.807) is 12.1 Å². The van der Waals surface area contributed by atoms with Crippen molar-refractivity contribution >= 4 is 17.6 Å². The fourth-order valence-corrected chi connectivity index (χ4v) is 2.14. The Hall–Kier alpha value is -2.04. The fraction of sp³-hybridized carbons (Fsp3) is 0.429. The molecule has 1 aromatic rings. The Kier molecular flexibility index (Phi) is 3.22. The summed E-state index contributed by atoms with van der Waals surface area (Å²) in [6, 6.07) is 5.97. The smallest absolute Gasteiger partial charge is 0.323 e. The molecule has 1 saturated carbocycles. The predicted octanol–water partition coefficient (Wildman–Crippen LogP) is 1.86. The number of phenols is 1. The molecule has 0 aromatic heterocycles. The van der Waals surface area contributed by atoms with E-state index in [1.165, 1.54) is 17.0 Å². The minimum Gasteiger partial charge on any atom is -0.508 e. The summed E-state index contributed by atoms with van der Waals surface area (Å²) in [4.78, 5) is 24.5. The number of hydrogen-bond acceptors (Lipinski definition) is 3. The van der Waals surface area contributed by atoms with Gasteiger partial charge in [0.1, 0.15) is 12.3 Å². The number of aliphatic carboxylic acids is 1. The van der Waals surface area contributed by atoms with E-state index in [0.717, 1.165) is 6.42 Å². The molecular formula is C14H17NO4. The van der Waals surface area contributed by atoms with Crippen molar-refractivity contribution in [2.24, 2.45) is 11.3 Å². The van der Waals surface area contributed by atoms with Gasteiger partial charge in [-0.1, -0.05) is 13.8 Å². The summed E-state index contributed by atoms with van der Waals surface area (Å²) < 4.78 is 0. The van der Waals surface area contributed by atoms with Crippen LogP contribution in [-0.4, -0.2) is 28.6 Å². The largest absolute Gasteiger partial charge is 0.508 e. The first-order valence-electron chi connectivity index (χ1n) is 6.13. The number of amides is 1. The molecule has 0 heterocycles. The van der Waals surface area contributed by atoms with Gasteiger partial charge in [0.15, 0.2) is 0 Å². The molecule has 1 unspecified atom stereocenters. The van der Waals surface area contributed by atoms with Gasteiger partial charge >= 0.3 is 5.97 Å². The number of carboxylic acids is 1. The van der Waals surface area contributed by atoms with Crippen molar-refractivity contribution in [1.29, 1.82) is 0 Å². The molecule has 102 valence electrons. The summed E-state index contributed by atoms with van der Waals surface area (Å²) in [6.07, 6.45) is 0.778. The van der Waals surface area contributed by atoms with Gasteiger partial charge in [-0.3, -0.25) is 9.59 Å². The van der Waals surface area contributed by atoms with Crippen molar-refractivity contribution in [3.05, 3.63) is 24.3 Å². The number of carboxylic acid groups (broad SMARTS) is 1. The first-order chi connectivity index (χ1) is 8.81. The second-order valence-electron chi connectivity index (χ2n) is 5.58. The lowest BCUT2D eigenvalue weighted by Gasteiger charge is -2.21. The minimum absolute atomic E-state index is 0.0508. The van der Waals surface area contributed by atoms with Gasteiger partial charge in [-0.2, -0.15) is 0 Å². The zero-order chi connectivity index (χ0) is 14.2. The summed E-state index contributed by atoms with van der Waals surface area (Å²) in [5.41, 5.74) is 0.443. The van der Waals surface area contributed by atoms with Gasteiger partial charge in [-0.25, -0.2) is 0 Å². The van der Waals surface area contributed by atoms with Crippen molar-refractivity contribution in [2.45, 2.75) is 20.3 Å². The molecule has 0 bridgehead atoms. The van der Waals surface area contributed by atoms with Crippen LogP contribution < -0.4 is 4.90 Å². The Morgan fingerprint density at radius 2 is 1.84 bits per heavy atom. The Morgan fingerprint density at radius 3 is 2.26 bits per heavy atom. The quantitative estimate of drug-likeness (QED) is 0.869. The van der Waals surface area contributed by atoms with Gasteiger partial charge in [-0.15, -0.1) is 0 Å². The highest BCUT2D eigenvalue weighted by Crippen LogP contribution is 2.52. The van der Waals surface area contributed by atoms with Crippen molar-refractivity contribution in [2.75, 3.05) is 11.4 Å². The maximum absolute atomic E-state index is 12.3. The maximum Gasteiger partial charge on any atom is 0.323 e. The lowest BCUT2D eigenvalue weighted by Crippen LogP contribution is -2.37. The lowest BCUT2D eigenvalue weighted by molar-refractivity contribution is -0.136. The van der Waals surface area contributed by atoms with Crippen molar-refractivity contribution in [3.8, 4) is 5.75 Å². The average Bonchev–Trinajstić information content (AvgIpc) is 2.96. The number of hydrogen-bond donors (Lipinski definition) is 2. The van der Waals surface area contributed by atoms with E-state index < -0.39 is 5.97 Å². The van der Waals surface area contributed by atoms with Gasteiger partial charge in [0, 0.05) is 11.6 Å². The van der Waals surface area contributed by atoms with E-state index >= 15 is 0 Å². The van der Waals surface area contributed by atoms with Crippen LogP contribution in [0.4, 0.5) is 5.69 Å². The van der Waals surface area contributed by atoms with Crippen LogP contribution in [0.3, 0.4) is 0 Å². The highest BCUT2D eigenvalue weighted by atomic mass is 16.4. The van der Waals surface area contributed by atoms with Crippen LogP contribution in [0.2, 0.25) is 0 Å². The molecule has 0 radical (unpaired) electrons. The standard InChI is InChI=1S/C14H17NO4/c1-14(2)7-11(14)13(19)15(8-12(17)18)9-3-5-10(16)6-4-9/h3-6,11,16H,7-8H2,1-2H3,(H,17,18). The molecule has 0 aliphatic heterocycles. The molecule has 19 heavy (non-hydrogen) atoms. The zero-order valence-corrected chi connectivity index (χ0v) is 11.0. The second-order valence-corrected chi connectivity index (χ2v) is 5.58. The van der Waals surface area contributed by atoms with Crippen molar-refractivity contribution < 1.29 is 19.8 Å². The number of anilines is 1. The summed E-state index contributed by atoms with van der Waals surface area (Å²) in [5, 5.41) is 18.2. The SMILES string of the molecule is CC1(C)CC1C(=O)N(CC(=O)O)c1ccc(O)cc1. The van der Waals surface area contributed by atoms with E-state index in [9.17, 15) is 14.7 Å². The Morgan fingerprint density at radius 1 is 1.32 bits per heavy atom. The molecule has 1 aromatic carbocycles. The summed E-state index contributed by atoms with van der Waals surface area (Å²) in [5.74, 6) is -1.27. The Balaban J connectivity index is 2.23. The molecule has 2 rings (SSSR count). The van der Waals surface area contributed by atoms with Crippen LogP contribution in [0.15, 0.2) is 24.3 Å². The third-order valence-corrected chi connectivity index (χ3v) is 3.53. The normalized spacial score (nSPS) is 19.8. The summed E-state index contributed by atoms with van der Waals surface area (Å²) in [7, 11) is 0. The van der Waals surface area contributed by atoms with Gasteiger partial charge in [0.05, 0.1) is 0 Å². The van der Waals surface area contributed by atoms with Crippen molar-refractivity contribution in [3.63, 3.8) is 0 Å². The van der Waals surface area contributed by atoms with Gasteiger partial charge < -0.3 is 15.1 Å². The van der Waals surface area contributed by atoms with Gasteiger partial charge in [0.25, 0.3) is 0 Å². The minimum atomic E-state index is -1.06. The number of aromatic hydroxyl groups is 1. The Labute approximate surface area is 111 Å². The van der Waals surface area contributed by atoms with E-state index in [-0.39, 0.29) is 29.5 Å². The predicted molar refractivity (Wildman–Crippen MR) is 70.0 cm³/mol. The third-order valence-electron chi connectivity index (χ3n) is 3.53. The van der Waals surface area contributed by atoms with E-state index in [0.29, 0.717) is 5.69 Å². The van der Waals surface area contributed by atoms with Gasteiger partial charge in [-0.05, 0) is 36.1 Å². The highest BCUT2D eigenvalue weighted by Gasteiger charge is 2.52. The molecule has 0 saturated heterocycles. The molecule has 2 N–H and O–H groups in total. The molecule has 5 heteroatoms. The van der Waals surface area contributed by atoms with Crippen LogP contribution in [0.5, 0.6) is 5.75 Å². The van der Waals surface area contributed by atoms with Gasteiger partial charge in [0.2, 0.25) is 5.91 Å². The van der Waals surface area contributed by atoms with Crippen LogP contribution in [0.25, 0.3) is 0 Å². The number of phenolic OH excluding ortho intramolecular Hbond substituents is 1. The monoisotopic (exact) mass is 263 g/mol.